The molecule has 1 fully saturated rings. The monoisotopic (exact) mass is 506 g/mol. The lowest BCUT2D eigenvalue weighted by Crippen LogP contribution is -2.43. The zero-order valence-electron chi connectivity index (χ0n) is 19.3. The molecule has 8 nitrogen and oxygen atoms in total. The summed E-state index contributed by atoms with van der Waals surface area (Å²) < 4.78 is 0. The predicted molar refractivity (Wildman–Crippen MR) is 143 cm³/mol. The zero-order chi connectivity index (χ0) is 24.4. The van der Waals surface area contributed by atoms with Crippen molar-refractivity contribution in [2.75, 3.05) is 43.9 Å². The number of likely N-dealkylation sites (N-methyl/N-ethyl adjacent to an activating group) is 1. The van der Waals surface area contributed by atoms with Crippen molar-refractivity contribution in [3.63, 3.8) is 0 Å². The first-order valence-electron chi connectivity index (χ1n) is 11.3. The molecule has 0 saturated carbocycles. The molecule has 2 aromatic heterocycles. The number of carbonyl (C=O) groups excluding carboxylic acids is 2. The van der Waals surface area contributed by atoms with Crippen molar-refractivity contribution in [1.29, 1.82) is 0 Å². The van der Waals surface area contributed by atoms with Crippen LogP contribution in [0.25, 0.3) is 10.8 Å². The van der Waals surface area contributed by atoms with Gasteiger partial charge in [-0.25, -0.2) is 4.98 Å². The Morgan fingerprint density at radius 2 is 1.83 bits per heavy atom. The summed E-state index contributed by atoms with van der Waals surface area (Å²) in [7, 11) is 2.13. The average molecular weight is 507 g/mol. The molecule has 1 aliphatic rings. The van der Waals surface area contributed by atoms with Crippen molar-refractivity contribution < 1.29 is 9.59 Å². The number of aromatic nitrogens is 1. The van der Waals surface area contributed by atoms with E-state index >= 15 is 0 Å². The molecular formula is C25H26N6O2S2. The summed E-state index contributed by atoms with van der Waals surface area (Å²) in [6, 6.07) is 15.9. The maximum atomic E-state index is 12.9. The molecule has 0 aliphatic carbocycles. The number of carbonyl (C=O) groups is 2. The van der Waals surface area contributed by atoms with Gasteiger partial charge >= 0.3 is 0 Å². The minimum Gasteiger partial charge on any atom is -0.364 e. The number of thiazole rings is 1. The molecule has 1 saturated heterocycles. The lowest BCUT2D eigenvalue weighted by Gasteiger charge is -2.31. The Labute approximate surface area is 211 Å². The second-order valence-electron chi connectivity index (χ2n) is 8.58. The van der Waals surface area contributed by atoms with Gasteiger partial charge in [-0.15, -0.1) is 11.3 Å². The van der Waals surface area contributed by atoms with Crippen LogP contribution in [0.1, 0.15) is 25.7 Å². The number of rotatable bonds is 7. The van der Waals surface area contributed by atoms with E-state index in [0.29, 0.717) is 15.7 Å². The van der Waals surface area contributed by atoms with Gasteiger partial charge in [0.25, 0.3) is 11.8 Å². The van der Waals surface area contributed by atoms with Gasteiger partial charge in [0, 0.05) is 48.7 Å². The molecule has 1 aliphatic heterocycles. The first-order valence-corrected chi connectivity index (χ1v) is 13.0. The second-order valence-corrected chi connectivity index (χ2v) is 10.6. The van der Waals surface area contributed by atoms with Crippen molar-refractivity contribution in [2.45, 2.75) is 6.54 Å². The number of amides is 2. The van der Waals surface area contributed by atoms with Gasteiger partial charge in [0.1, 0.15) is 5.00 Å². The Morgan fingerprint density at radius 3 is 2.60 bits per heavy atom. The van der Waals surface area contributed by atoms with E-state index in [1.807, 2.05) is 53.9 Å². The van der Waals surface area contributed by atoms with Crippen LogP contribution in [0.3, 0.4) is 0 Å². The third-order valence-corrected chi connectivity index (χ3v) is 7.79. The van der Waals surface area contributed by atoms with Gasteiger partial charge in [0.05, 0.1) is 5.56 Å². The summed E-state index contributed by atoms with van der Waals surface area (Å²) >= 11 is 2.75. The predicted octanol–water partition coefficient (Wildman–Crippen LogP) is 4.20. The van der Waals surface area contributed by atoms with E-state index in [1.165, 1.54) is 11.3 Å². The number of nitrogens with zero attached hydrogens (tertiary/aromatic N) is 3. The summed E-state index contributed by atoms with van der Waals surface area (Å²) in [5, 5.41) is 10.9. The topological polar surface area (TPSA) is 104 Å². The highest BCUT2D eigenvalue weighted by atomic mass is 32.1. The summed E-state index contributed by atoms with van der Waals surface area (Å²) in [5.74, 6) is -0.974. The highest BCUT2D eigenvalue weighted by molar-refractivity contribution is 7.20. The number of hydrogen-bond acceptors (Lipinski definition) is 8. The van der Waals surface area contributed by atoms with Crippen molar-refractivity contribution in [1.82, 2.24) is 14.8 Å². The minimum absolute atomic E-state index is 0.0412. The largest absolute Gasteiger partial charge is 0.364 e. The van der Waals surface area contributed by atoms with Crippen molar-refractivity contribution in [2.24, 2.45) is 5.73 Å². The fourth-order valence-corrected chi connectivity index (χ4v) is 5.79. The second kappa shape index (κ2) is 10.1. The highest BCUT2D eigenvalue weighted by Gasteiger charge is 2.20. The van der Waals surface area contributed by atoms with Crippen molar-refractivity contribution >= 4 is 61.1 Å². The van der Waals surface area contributed by atoms with Gasteiger partial charge in [-0.3, -0.25) is 14.5 Å². The Bertz CT molecular complexity index is 1370. The molecule has 3 heterocycles. The van der Waals surface area contributed by atoms with Gasteiger partial charge < -0.3 is 21.3 Å². The van der Waals surface area contributed by atoms with Gasteiger partial charge in [-0.1, -0.05) is 41.7 Å². The van der Waals surface area contributed by atoms with Crippen molar-refractivity contribution in [3.8, 4) is 0 Å². The number of anilines is 3. The molecule has 0 radical (unpaired) electrons. The maximum Gasteiger partial charge on any atom is 0.270 e. The number of fused-ring (bicyclic) bond motifs is 1. The molecule has 5 rings (SSSR count). The van der Waals surface area contributed by atoms with Crippen LogP contribution >= 0.6 is 22.7 Å². The first-order chi connectivity index (χ1) is 16.9. The van der Waals surface area contributed by atoms with Crippen LogP contribution in [-0.4, -0.2) is 59.8 Å². The third kappa shape index (κ3) is 5.51. The van der Waals surface area contributed by atoms with Crippen LogP contribution in [0.15, 0.2) is 53.9 Å². The molecule has 4 aromatic rings. The van der Waals surface area contributed by atoms with E-state index in [-0.39, 0.29) is 11.6 Å². The number of nitrogens with two attached hydrogens (primary N) is 1. The third-order valence-electron chi connectivity index (χ3n) is 5.98. The Morgan fingerprint density at radius 1 is 1.06 bits per heavy atom. The first kappa shape index (κ1) is 23.4. The number of thiophene rings is 1. The molecule has 35 heavy (non-hydrogen) atoms. The van der Waals surface area contributed by atoms with Gasteiger partial charge in [-0.2, -0.15) is 0 Å². The normalized spacial score (nSPS) is 14.8. The Balaban J connectivity index is 1.28. The molecule has 0 atom stereocenters. The molecule has 0 spiro atoms. The lowest BCUT2D eigenvalue weighted by atomic mass is 10.1. The number of hydrogen-bond donors (Lipinski definition) is 3. The summed E-state index contributed by atoms with van der Waals surface area (Å²) in [6.45, 7) is 4.97. The van der Waals surface area contributed by atoms with Crippen LogP contribution in [0.5, 0.6) is 0 Å². The van der Waals surface area contributed by atoms with Gasteiger partial charge in [-0.05, 0) is 36.0 Å². The van der Waals surface area contributed by atoms with Crippen LogP contribution < -0.4 is 16.4 Å². The molecule has 0 bridgehead atoms. The van der Waals surface area contributed by atoms with Gasteiger partial charge in [0.15, 0.2) is 10.8 Å². The fourth-order valence-electron chi connectivity index (χ4n) is 4.00. The molecule has 2 aromatic carbocycles. The standard InChI is InChI=1S/C25H26N6O2S2/c1-30-8-10-31(11-9-30)14-20-13-18(15-34-20)23(33)29-24-21(22(26)32)28-25(35-24)27-19-7-6-16-4-2-3-5-17(16)12-19/h2-7,12-13,15H,8-11,14H2,1H3,(H2,26,32)(H,27,28)(H,29,33). The summed E-state index contributed by atoms with van der Waals surface area (Å²) in [5.41, 5.74) is 6.98. The molecule has 2 amide bonds. The van der Waals surface area contributed by atoms with Crippen molar-refractivity contribution in [3.05, 3.63) is 70.0 Å². The molecule has 4 N–H and O–H groups in total. The van der Waals surface area contributed by atoms with E-state index in [1.54, 1.807) is 11.3 Å². The smallest absolute Gasteiger partial charge is 0.270 e. The van der Waals surface area contributed by atoms with E-state index in [9.17, 15) is 9.59 Å². The van der Waals surface area contributed by atoms with E-state index < -0.39 is 5.91 Å². The molecule has 0 unspecified atom stereocenters. The summed E-state index contributed by atoms with van der Waals surface area (Å²) in [6.07, 6.45) is 0. The highest BCUT2D eigenvalue weighted by Crippen LogP contribution is 2.32. The molecular weight excluding hydrogens is 480 g/mol. The number of benzene rings is 2. The quantitative estimate of drug-likeness (QED) is 0.347. The number of nitrogens with one attached hydrogen (secondary N) is 2. The molecule has 180 valence electrons. The Kier molecular flexibility index (Phi) is 6.78. The van der Waals surface area contributed by atoms with Crippen LogP contribution in [0.4, 0.5) is 15.8 Å². The number of primary amides is 1. The fraction of sp³-hybridized carbons (Fsp3) is 0.240. The zero-order valence-corrected chi connectivity index (χ0v) is 20.9. The van der Waals surface area contributed by atoms with E-state index in [4.69, 9.17) is 5.73 Å². The minimum atomic E-state index is -0.691. The average Bonchev–Trinajstić information content (AvgIpc) is 3.48. The Hall–Kier alpha value is -3.31. The summed E-state index contributed by atoms with van der Waals surface area (Å²) in [4.78, 5) is 35.1. The van der Waals surface area contributed by atoms with Crippen LogP contribution in [0, 0.1) is 0 Å². The van der Waals surface area contributed by atoms with E-state index in [0.717, 1.165) is 54.1 Å². The van der Waals surface area contributed by atoms with Gasteiger partial charge in [0.2, 0.25) is 0 Å². The number of piperazine rings is 1. The molecule has 10 heteroatoms. The maximum absolute atomic E-state index is 12.9. The van der Waals surface area contributed by atoms with Crippen LogP contribution in [0.2, 0.25) is 0 Å². The van der Waals surface area contributed by atoms with Crippen LogP contribution in [-0.2, 0) is 6.54 Å². The SMILES string of the molecule is CN1CCN(Cc2cc(C(=O)Nc3sc(Nc4ccc5ccccc5c4)nc3C(N)=O)cs2)CC1. The lowest BCUT2D eigenvalue weighted by molar-refractivity contribution is 0.0997. The van der Waals surface area contributed by atoms with E-state index in [2.05, 4.69) is 32.5 Å².